The molecule has 1 aliphatic rings. The molecule has 2 aromatic rings. The molecule has 118 valence electrons. The van der Waals surface area contributed by atoms with Crippen LogP contribution in [0.5, 0.6) is 0 Å². The number of nitrogens with zero attached hydrogens (tertiary/aromatic N) is 1. The summed E-state index contributed by atoms with van der Waals surface area (Å²) in [6.07, 6.45) is 0. The van der Waals surface area contributed by atoms with Crippen molar-refractivity contribution in [1.29, 1.82) is 0 Å². The Kier molecular flexibility index (Phi) is 5.40. The van der Waals surface area contributed by atoms with Crippen LogP contribution in [-0.2, 0) is 0 Å². The van der Waals surface area contributed by atoms with Gasteiger partial charge in [0.15, 0.2) is 5.78 Å². The third kappa shape index (κ3) is 4.63. The lowest BCUT2D eigenvalue weighted by molar-refractivity contribution is -0.384. The molecule has 0 bridgehead atoms. The summed E-state index contributed by atoms with van der Waals surface area (Å²) in [6.45, 7) is 1.55. The molecule has 0 spiro atoms. The zero-order valence-corrected chi connectivity index (χ0v) is 12.2. The standard InChI is InChI=1S/C13H9NO3.C3H6N2O/c15-13(10-4-2-1-3-5-10)11-6-8-12(9-7-11)14(16)17;6-3-4-1-2-5-3/h1-9H;1-2H2,(H2,4,5,6). The molecule has 23 heavy (non-hydrogen) atoms. The van der Waals surface area contributed by atoms with E-state index in [4.69, 9.17) is 0 Å². The number of amides is 2. The van der Waals surface area contributed by atoms with Gasteiger partial charge in [-0.1, -0.05) is 30.3 Å². The van der Waals surface area contributed by atoms with Crippen molar-refractivity contribution in [3.63, 3.8) is 0 Å². The Balaban J connectivity index is 0.000000268. The van der Waals surface area contributed by atoms with Crippen molar-refractivity contribution in [2.45, 2.75) is 0 Å². The summed E-state index contributed by atoms with van der Waals surface area (Å²) in [7, 11) is 0. The Morgan fingerprint density at radius 1 is 0.913 bits per heavy atom. The van der Waals surface area contributed by atoms with Crippen LogP contribution in [0.3, 0.4) is 0 Å². The number of urea groups is 1. The molecular formula is C16H15N3O4. The molecular weight excluding hydrogens is 298 g/mol. The van der Waals surface area contributed by atoms with E-state index < -0.39 is 4.92 Å². The van der Waals surface area contributed by atoms with Crippen molar-refractivity contribution in [2.75, 3.05) is 13.1 Å². The van der Waals surface area contributed by atoms with Crippen molar-refractivity contribution in [2.24, 2.45) is 0 Å². The van der Waals surface area contributed by atoms with Gasteiger partial charge in [-0.2, -0.15) is 0 Å². The molecule has 0 radical (unpaired) electrons. The molecule has 1 fully saturated rings. The first kappa shape index (κ1) is 16.2. The van der Waals surface area contributed by atoms with E-state index in [1.807, 2.05) is 6.07 Å². The van der Waals surface area contributed by atoms with Crippen LogP contribution in [-0.4, -0.2) is 29.8 Å². The molecule has 1 aliphatic heterocycles. The normalized spacial score (nSPS) is 12.4. The van der Waals surface area contributed by atoms with Gasteiger partial charge in [-0.3, -0.25) is 14.9 Å². The van der Waals surface area contributed by atoms with Crippen LogP contribution in [0.25, 0.3) is 0 Å². The number of nitrogens with one attached hydrogen (secondary N) is 2. The minimum atomic E-state index is -0.489. The van der Waals surface area contributed by atoms with Gasteiger partial charge in [-0.25, -0.2) is 4.79 Å². The van der Waals surface area contributed by atoms with Crippen molar-refractivity contribution in [3.05, 3.63) is 75.8 Å². The minimum absolute atomic E-state index is 0.0189. The highest BCUT2D eigenvalue weighted by Crippen LogP contribution is 2.15. The number of hydrogen-bond acceptors (Lipinski definition) is 4. The van der Waals surface area contributed by atoms with E-state index in [9.17, 15) is 19.7 Å². The number of rotatable bonds is 3. The summed E-state index contributed by atoms with van der Waals surface area (Å²) in [5.74, 6) is -0.138. The van der Waals surface area contributed by atoms with Crippen LogP contribution in [0.1, 0.15) is 15.9 Å². The van der Waals surface area contributed by atoms with Gasteiger partial charge in [0.1, 0.15) is 0 Å². The smallest absolute Gasteiger partial charge is 0.314 e. The number of nitro benzene ring substituents is 1. The van der Waals surface area contributed by atoms with Crippen LogP contribution in [0, 0.1) is 10.1 Å². The van der Waals surface area contributed by atoms with Crippen LogP contribution in [0.4, 0.5) is 10.5 Å². The average Bonchev–Trinajstić information content (AvgIpc) is 3.06. The second-order valence-corrected chi connectivity index (χ2v) is 4.68. The van der Waals surface area contributed by atoms with Crippen molar-refractivity contribution >= 4 is 17.5 Å². The molecule has 7 heteroatoms. The molecule has 2 amide bonds. The van der Waals surface area contributed by atoms with Crippen LogP contribution < -0.4 is 10.6 Å². The van der Waals surface area contributed by atoms with E-state index >= 15 is 0 Å². The molecule has 7 nitrogen and oxygen atoms in total. The highest BCUT2D eigenvalue weighted by molar-refractivity contribution is 6.09. The van der Waals surface area contributed by atoms with Gasteiger partial charge in [0.25, 0.3) is 5.69 Å². The van der Waals surface area contributed by atoms with E-state index in [1.165, 1.54) is 24.3 Å². The number of non-ortho nitro benzene ring substituents is 1. The van der Waals surface area contributed by atoms with Gasteiger partial charge in [-0.15, -0.1) is 0 Å². The Bertz CT molecular complexity index is 691. The maximum absolute atomic E-state index is 12.0. The van der Waals surface area contributed by atoms with Gasteiger partial charge < -0.3 is 10.6 Å². The van der Waals surface area contributed by atoms with Gasteiger partial charge in [0.05, 0.1) is 4.92 Å². The first-order valence-corrected chi connectivity index (χ1v) is 6.94. The Hall–Kier alpha value is -3.22. The second-order valence-electron chi connectivity index (χ2n) is 4.68. The predicted octanol–water partition coefficient (Wildman–Crippen LogP) is 2.12. The Labute approximate surface area is 132 Å². The number of carbonyl (C=O) groups is 2. The molecule has 2 aromatic carbocycles. The third-order valence-electron chi connectivity index (χ3n) is 3.07. The fourth-order valence-corrected chi connectivity index (χ4v) is 1.91. The second kappa shape index (κ2) is 7.69. The molecule has 3 rings (SSSR count). The largest absolute Gasteiger partial charge is 0.336 e. The summed E-state index contributed by atoms with van der Waals surface area (Å²) < 4.78 is 0. The lowest BCUT2D eigenvalue weighted by Crippen LogP contribution is -2.20. The van der Waals surface area contributed by atoms with E-state index in [1.54, 1.807) is 24.3 Å². The molecule has 1 heterocycles. The van der Waals surface area contributed by atoms with E-state index in [-0.39, 0.29) is 17.5 Å². The van der Waals surface area contributed by atoms with Crippen LogP contribution >= 0.6 is 0 Å². The summed E-state index contributed by atoms with van der Waals surface area (Å²) in [4.78, 5) is 32.0. The van der Waals surface area contributed by atoms with E-state index in [0.717, 1.165) is 13.1 Å². The van der Waals surface area contributed by atoms with Gasteiger partial charge in [0.2, 0.25) is 0 Å². The van der Waals surface area contributed by atoms with Crippen LogP contribution in [0.15, 0.2) is 54.6 Å². The third-order valence-corrected chi connectivity index (χ3v) is 3.07. The zero-order chi connectivity index (χ0) is 16.7. The fourth-order valence-electron chi connectivity index (χ4n) is 1.91. The molecule has 0 aromatic heterocycles. The number of nitro groups is 1. The lowest BCUT2D eigenvalue weighted by Gasteiger charge is -2.00. The summed E-state index contributed by atoms with van der Waals surface area (Å²) in [5.41, 5.74) is 0.998. The van der Waals surface area contributed by atoms with Crippen molar-refractivity contribution in [3.8, 4) is 0 Å². The number of hydrogen-bond donors (Lipinski definition) is 2. The molecule has 1 saturated heterocycles. The monoisotopic (exact) mass is 313 g/mol. The quantitative estimate of drug-likeness (QED) is 0.515. The zero-order valence-electron chi connectivity index (χ0n) is 12.2. The number of ketones is 1. The first-order chi connectivity index (χ1) is 11.1. The summed E-state index contributed by atoms with van der Waals surface area (Å²) >= 11 is 0. The molecule has 0 unspecified atom stereocenters. The predicted molar refractivity (Wildman–Crippen MR) is 84.4 cm³/mol. The topological polar surface area (TPSA) is 101 Å². The first-order valence-electron chi connectivity index (χ1n) is 6.94. The van der Waals surface area contributed by atoms with Gasteiger partial charge in [-0.05, 0) is 12.1 Å². The van der Waals surface area contributed by atoms with Gasteiger partial charge >= 0.3 is 6.03 Å². The van der Waals surface area contributed by atoms with Crippen molar-refractivity contribution < 1.29 is 14.5 Å². The maximum Gasteiger partial charge on any atom is 0.314 e. The molecule has 0 aliphatic carbocycles. The lowest BCUT2D eigenvalue weighted by atomic mass is 10.0. The molecule has 0 atom stereocenters. The molecule has 2 N–H and O–H groups in total. The van der Waals surface area contributed by atoms with Crippen LogP contribution in [0.2, 0.25) is 0 Å². The SMILES string of the molecule is O=C(c1ccccc1)c1ccc([N+](=O)[O-])cc1.O=C1NCCN1. The van der Waals surface area contributed by atoms with Crippen molar-refractivity contribution in [1.82, 2.24) is 10.6 Å². The minimum Gasteiger partial charge on any atom is -0.336 e. The fraction of sp³-hybridized carbons (Fsp3) is 0.125. The van der Waals surface area contributed by atoms with E-state index in [2.05, 4.69) is 10.6 Å². The Morgan fingerprint density at radius 3 is 1.87 bits per heavy atom. The highest BCUT2D eigenvalue weighted by Gasteiger charge is 2.10. The summed E-state index contributed by atoms with van der Waals surface area (Å²) in [5, 5.41) is 15.6. The van der Waals surface area contributed by atoms with Gasteiger partial charge in [0, 0.05) is 36.3 Å². The van der Waals surface area contributed by atoms with E-state index in [0.29, 0.717) is 11.1 Å². The average molecular weight is 313 g/mol. The Morgan fingerprint density at radius 2 is 1.43 bits per heavy atom. The summed E-state index contributed by atoms with van der Waals surface area (Å²) in [6, 6.07) is 14.3. The highest BCUT2D eigenvalue weighted by atomic mass is 16.6. The number of carbonyl (C=O) groups excluding carboxylic acids is 2. The maximum atomic E-state index is 12.0. The number of benzene rings is 2. The molecule has 0 saturated carbocycles.